The summed E-state index contributed by atoms with van der Waals surface area (Å²) in [6.07, 6.45) is -0.470. The zero-order chi connectivity index (χ0) is 12.9. The van der Waals surface area contributed by atoms with Gasteiger partial charge in [0.1, 0.15) is 0 Å². The standard InChI is InChI=1S/C14H23NO2/c1-14(2,3)11-5-7-12(8-6-11)15-9-13(16)10-17-4/h5-8,13,15-16H,9-10H2,1-4H3. The summed E-state index contributed by atoms with van der Waals surface area (Å²) in [5.41, 5.74) is 2.50. The Morgan fingerprint density at radius 3 is 2.29 bits per heavy atom. The molecule has 0 radical (unpaired) electrons. The predicted octanol–water partition coefficient (Wildman–Crippen LogP) is 2.40. The van der Waals surface area contributed by atoms with Crippen LogP contribution in [0.3, 0.4) is 0 Å². The number of rotatable bonds is 5. The Labute approximate surface area is 104 Å². The molecule has 0 amide bonds. The lowest BCUT2D eigenvalue weighted by Gasteiger charge is -2.19. The second kappa shape index (κ2) is 6.03. The molecule has 0 saturated heterocycles. The van der Waals surface area contributed by atoms with Crippen molar-refractivity contribution in [1.29, 1.82) is 0 Å². The molecule has 0 aliphatic carbocycles. The lowest BCUT2D eigenvalue weighted by atomic mass is 9.87. The molecule has 1 rings (SSSR count). The lowest BCUT2D eigenvalue weighted by molar-refractivity contribution is 0.0727. The Morgan fingerprint density at radius 2 is 1.82 bits per heavy atom. The van der Waals surface area contributed by atoms with Crippen molar-refractivity contribution in [3.8, 4) is 0 Å². The number of methoxy groups -OCH3 is 1. The Balaban J connectivity index is 2.51. The molecular weight excluding hydrogens is 214 g/mol. The third-order valence-corrected chi connectivity index (χ3v) is 2.65. The average molecular weight is 237 g/mol. The Hall–Kier alpha value is -1.06. The zero-order valence-corrected chi connectivity index (χ0v) is 11.2. The van der Waals surface area contributed by atoms with Gasteiger partial charge in [0.15, 0.2) is 0 Å². The molecule has 0 aliphatic heterocycles. The smallest absolute Gasteiger partial charge is 0.0945 e. The fourth-order valence-electron chi connectivity index (χ4n) is 1.58. The van der Waals surface area contributed by atoms with Crippen LogP contribution >= 0.6 is 0 Å². The molecule has 0 spiro atoms. The number of nitrogens with one attached hydrogen (secondary N) is 1. The van der Waals surface area contributed by atoms with Gasteiger partial charge in [0.2, 0.25) is 0 Å². The molecule has 0 saturated carbocycles. The predicted molar refractivity (Wildman–Crippen MR) is 71.5 cm³/mol. The highest BCUT2D eigenvalue weighted by atomic mass is 16.5. The minimum absolute atomic E-state index is 0.175. The van der Waals surface area contributed by atoms with Crippen LogP contribution in [0.2, 0.25) is 0 Å². The summed E-state index contributed by atoms with van der Waals surface area (Å²) in [6.45, 7) is 7.43. The summed E-state index contributed by atoms with van der Waals surface area (Å²) >= 11 is 0. The van der Waals surface area contributed by atoms with Gasteiger partial charge in [0.25, 0.3) is 0 Å². The van der Waals surface area contributed by atoms with Crippen molar-refractivity contribution in [2.24, 2.45) is 0 Å². The van der Waals surface area contributed by atoms with E-state index in [0.29, 0.717) is 13.2 Å². The van der Waals surface area contributed by atoms with Crippen molar-refractivity contribution in [1.82, 2.24) is 0 Å². The van der Waals surface area contributed by atoms with Crippen LogP contribution in [0, 0.1) is 0 Å². The fourth-order valence-corrected chi connectivity index (χ4v) is 1.58. The highest BCUT2D eigenvalue weighted by Crippen LogP contribution is 2.23. The van der Waals surface area contributed by atoms with Gasteiger partial charge in [-0.3, -0.25) is 0 Å². The van der Waals surface area contributed by atoms with E-state index in [1.54, 1.807) is 7.11 Å². The SMILES string of the molecule is COCC(O)CNc1ccc(C(C)(C)C)cc1. The summed E-state index contributed by atoms with van der Waals surface area (Å²) in [4.78, 5) is 0. The third kappa shape index (κ3) is 4.75. The number of ether oxygens (including phenoxy) is 1. The number of benzene rings is 1. The van der Waals surface area contributed by atoms with Crippen molar-refractivity contribution < 1.29 is 9.84 Å². The first kappa shape index (κ1) is 14.0. The molecule has 96 valence electrons. The minimum atomic E-state index is -0.470. The second-order valence-electron chi connectivity index (χ2n) is 5.32. The normalized spacial score (nSPS) is 13.5. The zero-order valence-electron chi connectivity index (χ0n) is 11.2. The Kier molecular flexibility index (Phi) is 4.97. The molecule has 1 aromatic carbocycles. The first-order valence-corrected chi connectivity index (χ1v) is 5.95. The van der Waals surface area contributed by atoms with E-state index in [9.17, 15) is 5.11 Å². The van der Waals surface area contributed by atoms with E-state index in [1.165, 1.54) is 5.56 Å². The van der Waals surface area contributed by atoms with E-state index >= 15 is 0 Å². The maximum Gasteiger partial charge on any atom is 0.0945 e. The molecule has 3 nitrogen and oxygen atoms in total. The van der Waals surface area contributed by atoms with Crippen molar-refractivity contribution in [3.63, 3.8) is 0 Å². The van der Waals surface area contributed by atoms with E-state index in [-0.39, 0.29) is 5.41 Å². The van der Waals surface area contributed by atoms with Crippen LogP contribution in [0.4, 0.5) is 5.69 Å². The molecular formula is C14H23NO2. The Morgan fingerprint density at radius 1 is 1.24 bits per heavy atom. The van der Waals surface area contributed by atoms with Gasteiger partial charge >= 0.3 is 0 Å². The molecule has 0 bridgehead atoms. The summed E-state index contributed by atoms with van der Waals surface area (Å²) in [5, 5.41) is 12.7. The van der Waals surface area contributed by atoms with Gasteiger partial charge in [0, 0.05) is 19.3 Å². The molecule has 1 aromatic rings. The van der Waals surface area contributed by atoms with Gasteiger partial charge in [-0.1, -0.05) is 32.9 Å². The molecule has 2 N–H and O–H groups in total. The first-order valence-electron chi connectivity index (χ1n) is 5.95. The summed E-state index contributed by atoms with van der Waals surface area (Å²) in [7, 11) is 1.58. The molecule has 17 heavy (non-hydrogen) atoms. The maximum atomic E-state index is 9.51. The molecule has 1 atom stereocenters. The number of hydrogen-bond acceptors (Lipinski definition) is 3. The summed E-state index contributed by atoms with van der Waals surface area (Å²) in [5.74, 6) is 0. The molecule has 0 aliphatic rings. The van der Waals surface area contributed by atoms with E-state index in [4.69, 9.17) is 4.74 Å². The van der Waals surface area contributed by atoms with Crippen LogP contribution in [0.15, 0.2) is 24.3 Å². The largest absolute Gasteiger partial charge is 0.389 e. The lowest BCUT2D eigenvalue weighted by Crippen LogP contribution is -2.24. The fraction of sp³-hybridized carbons (Fsp3) is 0.571. The van der Waals surface area contributed by atoms with E-state index in [0.717, 1.165) is 5.69 Å². The van der Waals surface area contributed by atoms with Gasteiger partial charge in [-0.15, -0.1) is 0 Å². The van der Waals surface area contributed by atoms with Crippen molar-refractivity contribution >= 4 is 5.69 Å². The Bertz CT molecular complexity index is 327. The van der Waals surface area contributed by atoms with Gasteiger partial charge in [-0.25, -0.2) is 0 Å². The summed E-state index contributed by atoms with van der Waals surface area (Å²) in [6, 6.07) is 8.32. The third-order valence-electron chi connectivity index (χ3n) is 2.65. The molecule has 0 aromatic heterocycles. The quantitative estimate of drug-likeness (QED) is 0.826. The first-order chi connectivity index (χ1) is 7.93. The van der Waals surface area contributed by atoms with E-state index in [2.05, 4.69) is 38.2 Å². The highest BCUT2D eigenvalue weighted by molar-refractivity contribution is 5.45. The molecule has 0 heterocycles. The highest BCUT2D eigenvalue weighted by Gasteiger charge is 2.12. The van der Waals surface area contributed by atoms with Crippen LogP contribution in [0.25, 0.3) is 0 Å². The van der Waals surface area contributed by atoms with Crippen LogP contribution in [0.5, 0.6) is 0 Å². The van der Waals surface area contributed by atoms with Gasteiger partial charge in [-0.05, 0) is 23.1 Å². The van der Waals surface area contributed by atoms with Crippen molar-refractivity contribution in [2.75, 3.05) is 25.6 Å². The maximum absolute atomic E-state index is 9.51. The molecule has 0 fully saturated rings. The molecule has 3 heteroatoms. The van der Waals surface area contributed by atoms with Crippen LogP contribution in [0.1, 0.15) is 26.3 Å². The topological polar surface area (TPSA) is 41.5 Å². The summed E-state index contributed by atoms with van der Waals surface area (Å²) < 4.78 is 4.87. The average Bonchev–Trinajstić information content (AvgIpc) is 2.26. The number of aliphatic hydroxyl groups excluding tert-OH is 1. The van der Waals surface area contributed by atoms with Crippen molar-refractivity contribution in [2.45, 2.75) is 32.3 Å². The van der Waals surface area contributed by atoms with E-state index in [1.807, 2.05) is 12.1 Å². The number of hydrogen-bond donors (Lipinski definition) is 2. The number of anilines is 1. The monoisotopic (exact) mass is 237 g/mol. The van der Waals surface area contributed by atoms with E-state index < -0.39 is 6.10 Å². The number of aliphatic hydroxyl groups is 1. The second-order valence-corrected chi connectivity index (χ2v) is 5.32. The van der Waals surface area contributed by atoms with Crippen LogP contribution < -0.4 is 5.32 Å². The van der Waals surface area contributed by atoms with Gasteiger partial charge < -0.3 is 15.2 Å². The van der Waals surface area contributed by atoms with Crippen LogP contribution in [-0.2, 0) is 10.2 Å². The minimum Gasteiger partial charge on any atom is -0.389 e. The van der Waals surface area contributed by atoms with Crippen molar-refractivity contribution in [3.05, 3.63) is 29.8 Å². The van der Waals surface area contributed by atoms with Crippen LogP contribution in [-0.4, -0.2) is 31.5 Å². The molecule has 1 unspecified atom stereocenters. The van der Waals surface area contributed by atoms with Gasteiger partial charge in [0.05, 0.1) is 12.7 Å². The van der Waals surface area contributed by atoms with Gasteiger partial charge in [-0.2, -0.15) is 0 Å².